The van der Waals surface area contributed by atoms with Gasteiger partial charge >= 0.3 is 0 Å². The number of hydrogen-bond acceptors (Lipinski definition) is 3. The molecule has 2 rings (SSSR count). The molecule has 0 aromatic carbocycles. The van der Waals surface area contributed by atoms with Crippen LogP contribution in [0.4, 0.5) is 0 Å². The quantitative estimate of drug-likeness (QED) is 0.823. The van der Waals surface area contributed by atoms with Gasteiger partial charge in [-0.15, -0.1) is 0 Å². The Bertz CT molecular complexity index is 385. The van der Waals surface area contributed by atoms with Gasteiger partial charge in [0.05, 0.1) is 5.41 Å². The summed E-state index contributed by atoms with van der Waals surface area (Å²) in [4.78, 5) is 16.2. The van der Waals surface area contributed by atoms with E-state index < -0.39 is 0 Å². The molecule has 1 aliphatic carbocycles. The van der Waals surface area contributed by atoms with Gasteiger partial charge in [-0.25, -0.2) is 0 Å². The number of nitrogens with zero attached hydrogens (tertiary/aromatic N) is 1. The Morgan fingerprint density at radius 1 is 1.44 bits per heavy atom. The van der Waals surface area contributed by atoms with Gasteiger partial charge in [0, 0.05) is 25.5 Å². The average Bonchev–Trinajstić information content (AvgIpc) is 2.90. The Hall–Kier alpha value is -1.42. The van der Waals surface area contributed by atoms with Crippen LogP contribution in [0.2, 0.25) is 0 Å². The highest BCUT2D eigenvalue weighted by molar-refractivity contribution is 5.83. The summed E-state index contributed by atoms with van der Waals surface area (Å²) in [5.74, 6) is 0.131. The smallest absolute Gasteiger partial charge is 0.227 e. The van der Waals surface area contributed by atoms with E-state index in [4.69, 9.17) is 5.73 Å². The van der Waals surface area contributed by atoms with Crippen LogP contribution in [0.1, 0.15) is 31.2 Å². The van der Waals surface area contributed by atoms with Gasteiger partial charge in [0.1, 0.15) is 0 Å². The average molecular weight is 247 g/mol. The van der Waals surface area contributed by atoms with Crippen LogP contribution >= 0.6 is 0 Å². The molecule has 0 atom stereocenters. The largest absolute Gasteiger partial charge is 0.355 e. The van der Waals surface area contributed by atoms with E-state index in [0.29, 0.717) is 13.1 Å². The first-order chi connectivity index (χ1) is 8.77. The third kappa shape index (κ3) is 2.88. The fourth-order valence-electron chi connectivity index (χ4n) is 2.63. The first-order valence-electron chi connectivity index (χ1n) is 6.64. The lowest BCUT2D eigenvalue weighted by Crippen LogP contribution is -2.44. The summed E-state index contributed by atoms with van der Waals surface area (Å²) in [5.41, 5.74) is 6.63. The molecule has 0 unspecified atom stereocenters. The van der Waals surface area contributed by atoms with Crippen LogP contribution in [0.25, 0.3) is 0 Å². The first-order valence-corrected chi connectivity index (χ1v) is 6.64. The molecule has 0 saturated heterocycles. The molecule has 0 radical (unpaired) electrons. The fourth-order valence-corrected chi connectivity index (χ4v) is 2.63. The molecular weight excluding hydrogens is 226 g/mol. The van der Waals surface area contributed by atoms with Gasteiger partial charge in [0.2, 0.25) is 5.91 Å². The van der Waals surface area contributed by atoms with Crippen molar-refractivity contribution in [2.24, 2.45) is 11.1 Å². The maximum Gasteiger partial charge on any atom is 0.227 e. The molecule has 1 aromatic rings. The number of carbonyl (C=O) groups excluding carboxylic acids is 1. The lowest BCUT2D eigenvalue weighted by Gasteiger charge is -2.25. The predicted molar refractivity (Wildman–Crippen MR) is 70.9 cm³/mol. The molecule has 1 saturated carbocycles. The van der Waals surface area contributed by atoms with E-state index in [1.807, 2.05) is 18.3 Å². The van der Waals surface area contributed by atoms with E-state index in [1.165, 1.54) is 0 Å². The van der Waals surface area contributed by atoms with Crippen molar-refractivity contribution in [3.8, 4) is 0 Å². The zero-order chi connectivity index (χ0) is 12.8. The Kier molecular flexibility index (Phi) is 4.31. The summed E-state index contributed by atoms with van der Waals surface area (Å²) >= 11 is 0. The number of carbonyl (C=O) groups is 1. The second kappa shape index (κ2) is 5.96. The molecule has 1 amide bonds. The third-order valence-corrected chi connectivity index (χ3v) is 3.86. The van der Waals surface area contributed by atoms with Crippen LogP contribution in [-0.4, -0.2) is 24.0 Å². The number of pyridine rings is 1. The number of aromatic nitrogens is 1. The Morgan fingerprint density at radius 3 is 2.83 bits per heavy atom. The van der Waals surface area contributed by atoms with Gasteiger partial charge in [0.15, 0.2) is 0 Å². The van der Waals surface area contributed by atoms with E-state index in [0.717, 1.165) is 37.7 Å². The first kappa shape index (κ1) is 13.0. The van der Waals surface area contributed by atoms with Crippen LogP contribution in [0.5, 0.6) is 0 Å². The molecule has 1 fully saturated rings. The minimum atomic E-state index is -0.297. The summed E-state index contributed by atoms with van der Waals surface area (Å²) in [7, 11) is 0. The van der Waals surface area contributed by atoms with Crippen molar-refractivity contribution in [1.82, 2.24) is 10.3 Å². The standard InChI is InChI=1S/C14H21N3O/c15-11-14(6-1-2-7-14)13(18)17-9-5-12-4-3-8-16-10-12/h3-4,8,10H,1-2,5-7,9,11,15H2,(H,17,18). The number of rotatable bonds is 5. The van der Waals surface area contributed by atoms with Gasteiger partial charge in [-0.2, -0.15) is 0 Å². The molecule has 18 heavy (non-hydrogen) atoms. The van der Waals surface area contributed by atoms with Gasteiger partial charge in [-0.1, -0.05) is 18.9 Å². The highest BCUT2D eigenvalue weighted by Gasteiger charge is 2.39. The molecule has 0 spiro atoms. The van der Waals surface area contributed by atoms with Crippen LogP contribution in [0.3, 0.4) is 0 Å². The highest BCUT2D eigenvalue weighted by atomic mass is 16.2. The van der Waals surface area contributed by atoms with Gasteiger partial charge in [-0.05, 0) is 30.9 Å². The third-order valence-electron chi connectivity index (χ3n) is 3.86. The molecule has 3 N–H and O–H groups in total. The van der Waals surface area contributed by atoms with Gasteiger partial charge in [0.25, 0.3) is 0 Å². The molecule has 0 aliphatic heterocycles. The Morgan fingerprint density at radius 2 is 2.22 bits per heavy atom. The number of amides is 1. The maximum atomic E-state index is 12.2. The summed E-state index contributed by atoms with van der Waals surface area (Å²) in [6.07, 6.45) is 8.51. The van der Waals surface area contributed by atoms with Crippen molar-refractivity contribution < 1.29 is 4.79 Å². The molecule has 98 valence electrons. The minimum absolute atomic E-state index is 0.131. The van der Waals surface area contributed by atoms with Crippen molar-refractivity contribution in [2.45, 2.75) is 32.1 Å². The van der Waals surface area contributed by atoms with Crippen molar-refractivity contribution in [1.29, 1.82) is 0 Å². The van der Waals surface area contributed by atoms with Crippen molar-refractivity contribution >= 4 is 5.91 Å². The normalized spacial score (nSPS) is 17.6. The van der Waals surface area contributed by atoms with Crippen molar-refractivity contribution in [2.75, 3.05) is 13.1 Å². The molecule has 1 aromatic heterocycles. The topological polar surface area (TPSA) is 68.0 Å². The van der Waals surface area contributed by atoms with Crippen LogP contribution < -0.4 is 11.1 Å². The number of nitrogens with two attached hydrogens (primary N) is 1. The molecule has 1 aliphatic rings. The monoisotopic (exact) mass is 247 g/mol. The molecule has 4 nitrogen and oxygen atoms in total. The van der Waals surface area contributed by atoms with Crippen LogP contribution in [0, 0.1) is 5.41 Å². The minimum Gasteiger partial charge on any atom is -0.355 e. The summed E-state index contributed by atoms with van der Waals surface area (Å²) in [6, 6.07) is 3.93. The van der Waals surface area contributed by atoms with E-state index in [9.17, 15) is 4.79 Å². The second-order valence-corrected chi connectivity index (χ2v) is 5.06. The zero-order valence-electron chi connectivity index (χ0n) is 10.7. The summed E-state index contributed by atoms with van der Waals surface area (Å²) in [6.45, 7) is 1.12. The molecular formula is C14H21N3O. The zero-order valence-corrected chi connectivity index (χ0v) is 10.7. The van der Waals surface area contributed by atoms with Gasteiger partial charge in [-0.3, -0.25) is 9.78 Å². The van der Waals surface area contributed by atoms with Crippen molar-refractivity contribution in [3.05, 3.63) is 30.1 Å². The van der Waals surface area contributed by atoms with E-state index in [-0.39, 0.29) is 11.3 Å². The molecule has 1 heterocycles. The predicted octanol–water partition coefficient (Wildman–Crippen LogP) is 1.26. The van der Waals surface area contributed by atoms with Crippen molar-refractivity contribution in [3.63, 3.8) is 0 Å². The second-order valence-electron chi connectivity index (χ2n) is 5.06. The maximum absolute atomic E-state index is 12.2. The SMILES string of the molecule is NCC1(C(=O)NCCc2cccnc2)CCCC1. The Balaban J connectivity index is 1.81. The Labute approximate surface area is 108 Å². The van der Waals surface area contributed by atoms with E-state index in [1.54, 1.807) is 6.20 Å². The fraction of sp³-hybridized carbons (Fsp3) is 0.571. The lowest BCUT2D eigenvalue weighted by molar-refractivity contribution is -0.130. The summed E-state index contributed by atoms with van der Waals surface area (Å²) in [5, 5.41) is 3.02. The number of nitrogens with one attached hydrogen (secondary N) is 1. The molecule has 0 bridgehead atoms. The van der Waals surface area contributed by atoms with E-state index in [2.05, 4.69) is 10.3 Å². The van der Waals surface area contributed by atoms with Crippen LogP contribution in [0.15, 0.2) is 24.5 Å². The summed E-state index contributed by atoms with van der Waals surface area (Å²) < 4.78 is 0. The lowest BCUT2D eigenvalue weighted by atomic mass is 9.85. The number of hydrogen-bond donors (Lipinski definition) is 2. The molecule has 4 heteroatoms. The van der Waals surface area contributed by atoms with Gasteiger partial charge < -0.3 is 11.1 Å². The van der Waals surface area contributed by atoms with Crippen LogP contribution in [-0.2, 0) is 11.2 Å². The highest BCUT2D eigenvalue weighted by Crippen LogP contribution is 2.37. The van der Waals surface area contributed by atoms with E-state index >= 15 is 0 Å².